The Balaban J connectivity index is 1.42. The van der Waals surface area contributed by atoms with Crippen LogP contribution in [-0.4, -0.2) is 24.6 Å². The number of hydrogen-bond donors (Lipinski definition) is 1. The number of fused-ring (bicyclic) bond motifs is 1. The molecule has 9 heteroatoms. The lowest BCUT2D eigenvalue weighted by molar-refractivity contribution is -0.122. The number of benzene rings is 2. The van der Waals surface area contributed by atoms with Crippen molar-refractivity contribution >= 4 is 41.4 Å². The van der Waals surface area contributed by atoms with E-state index in [1.807, 2.05) is 30.3 Å². The van der Waals surface area contributed by atoms with E-state index in [2.05, 4.69) is 5.32 Å². The second-order valence-electron chi connectivity index (χ2n) is 6.57. The average Bonchev–Trinajstić information content (AvgIpc) is 3.40. The lowest BCUT2D eigenvalue weighted by Crippen LogP contribution is -2.54. The van der Waals surface area contributed by atoms with Gasteiger partial charge in [-0.25, -0.2) is 9.69 Å². The molecule has 2 aromatic carbocycles. The lowest BCUT2D eigenvalue weighted by atomic mass is 10.1. The molecule has 31 heavy (non-hydrogen) atoms. The summed E-state index contributed by atoms with van der Waals surface area (Å²) in [5.74, 6) is -0.313. The van der Waals surface area contributed by atoms with E-state index >= 15 is 0 Å². The first kappa shape index (κ1) is 19.0. The number of hydrogen-bond acceptors (Lipinski definition) is 7. The van der Waals surface area contributed by atoms with Crippen LogP contribution in [0.2, 0.25) is 0 Å². The molecule has 1 saturated heterocycles. The van der Waals surface area contributed by atoms with E-state index in [0.29, 0.717) is 22.4 Å². The number of ether oxygens (including phenoxy) is 2. The van der Waals surface area contributed by atoms with E-state index in [1.165, 1.54) is 23.9 Å². The number of urea groups is 1. The summed E-state index contributed by atoms with van der Waals surface area (Å²) >= 11 is 1.41. The maximum Gasteiger partial charge on any atom is 0.335 e. The highest BCUT2D eigenvalue weighted by molar-refractivity contribution is 7.99. The predicted octanol–water partition coefficient (Wildman–Crippen LogP) is 3.83. The van der Waals surface area contributed by atoms with Gasteiger partial charge in [-0.05, 0) is 42.5 Å². The molecule has 1 N–H and O–H groups in total. The zero-order valence-corrected chi connectivity index (χ0v) is 16.7. The molecule has 0 unspecified atom stereocenters. The molecule has 8 nitrogen and oxygen atoms in total. The minimum absolute atomic E-state index is 0.0599. The Morgan fingerprint density at radius 1 is 0.935 bits per heavy atom. The summed E-state index contributed by atoms with van der Waals surface area (Å²) in [6, 6.07) is 16.8. The molecule has 3 heterocycles. The van der Waals surface area contributed by atoms with Crippen LogP contribution >= 0.6 is 11.8 Å². The van der Waals surface area contributed by atoms with Crippen LogP contribution in [0, 0.1) is 0 Å². The third-order valence-electron chi connectivity index (χ3n) is 4.57. The fourth-order valence-corrected chi connectivity index (χ4v) is 3.93. The molecular weight excluding hydrogens is 420 g/mol. The summed E-state index contributed by atoms with van der Waals surface area (Å²) in [7, 11) is 0. The Labute approximate surface area is 180 Å². The fraction of sp³-hybridized carbons (Fsp3) is 0.0455. The van der Waals surface area contributed by atoms with Gasteiger partial charge in [-0.15, -0.1) is 0 Å². The molecule has 0 bridgehead atoms. The van der Waals surface area contributed by atoms with Gasteiger partial charge in [-0.2, -0.15) is 0 Å². The summed E-state index contributed by atoms with van der Waals surface area (Å²) in [6.07, 6.45) is 1.32. The molecule has 4 amide bonds. The third kappa shape index (κ3) is 3.66. The van der Waals surface area contributed by atoms with Gasteiger partial charge in [0.2, 0.25) is 6.79 Å². The van der Waals surface area contributed by atoms with Gasteiger partial charge >= 0.3 is 6.03 Å². The number of nitrogens with one attached hydrogen (secondary N) is 1. The molecule has 2 aliphatic heterocycles. The molecule has 3 aromatic rings. The molecule has 154 valence electrons. The van der Waals surface area contributed by atoms with Crippen LogP contribution in [0.3, 0.4) is 0 Å². The zero-order valence-electron chi connectivity index (χ0n) is 15.9. The second kappa shape index (κ2) is 7.69. The number of carbonyl (C=O) groups is 3. The van der Waals surface area contributed by atoms with Gasteiger partial charge in [0, 0.05) is 11.0 Å². The van der Waals surface area contributed by atoms with Crippen LogP contribution in [0.1, 0.15) is 5.76 Å². The first-order valence-electron chi connectivity index (χ1n) is 9.22. The van der Waals surface area contributed by atoms with E-state index in [1.54, 1.807) is 24.3 Å². The first-order valence-corrected chi connectivity index (χ1v) is 10.0. The van der Waals surface area contributed by atoms with Gasteiger partial charge in [0.15, 0.2) is 16.6 Å². The van der Waals surface area contributed by atoms with Crippen LogP contribution in [0.15, 0.2) is 80.6 Å². The summed E-state index contributed by atoms with van der Waals surface area (Å²) in [5.41, 5.74) is 0.0350. The van der Waals surface area contributed by atoms with E-state index < -0.39 is 17.8 Å². The topological polar surface area (TPSA) is 98.1 Å². The minimum atomic E-state index is -0.842. The average molecular weight is 434 g/mol. The highest BCUT2D eigenvalue weighted by atomic mass is 32.2. The molecule has 0 aliphatic carbocycles. The number of carbonyl (C=O) groups excluding carboxylic acids is 3. The Kier molecular flexibility index (Phi) is 4.72. The minimum Gasteiger partial charge on any atom is -0.454 e. The standard InChI is InChI=1S/C22H14N2O6S/c25-20-16(11-14-7-9-19(30-14)31-15-4-2-1-3-5-15)21(26)24(22(27)23-20)13-6-8-17-18(10-13)29-12-28-17/h1-11H,12H2,(H,23,25,27)/b16-11-. The van der Waals surface area contributed by atoms with Gasteiger partial charge in [0.05, 0.1) is 5.69 Å². The molecule has 1 aromatic heterocycles. The Bertz CT molecular complexity index is 1230. The second-order valence-corrected chi connectivity index (χ2v) is 7.65. The number of amides is 4. The van der Waals surface area contributed by atoms with Crippen LogP contribution < -0.4 is 19.7 Å². The molecule has 1 fully saturated rings. The van der Waals surface area contributed by atoms with Gasteiger partial charge in [-0.1, -0.05) is 30.0 Å². The van der Waals surface area contributed by atoms with Crippen molar-refractivity contribution in [2.45, 2.75) is 9.99 Å². The van der Waals surface area contributed by atoms with Gasteiger partial charge in [0.25, 0.3) is 11.8 Å². The molecule has 2 aliphatic rings. The Morgan fingerprint density at radius 2 is 1.74 bits per heavy atom. The SMILES string of the molecule is O=C1NC(=O)N(c2ccc3c(c2)OCO3)C(=O)/C1=C\c1ccc(Sc2ccccc2)o1. The maximum atomic E-state index is 13.0. The van der Waals surface area contributed by atoms with Crippen molar-refractivity contribution in [3.8, 4) is 11.5 Å². The number of furan rings is 1. The summed E-state index contributed by atoms with van der Waals surface area (Å²) in [6.45, 7) is 0.0599. The number of anilines is 1. The molecule has 5 rings (SSSR count). The van der Waals surface area contributed by atoms with Gasteiger partial charge < -0.3 is 13.9 Å². The fourth-order valence-electron chi connectivity index (χ4n) is 3.13. The van der Waals surface area contributed by atoms with Crippen molar-refractivity contribution in [2.75, 3.05) is 11.7 Å². The first-order chi connectivity index (χ1) is 15.1. The van der Waals surface area contributed by atoms with Crippen molar-refractivity contribution < 1.29 is 28.3 Å². The number of nitrogens with zero attached hydrogens (tertiary/aromatic N) is 1. The number of barbiturate groups is 1. The maximum absolute atomic E-state index is 13.0. The normalized spacial score (nSPS) is 16.7. The molecular formula is C22H14N2O6S. The summed E-state index contributed by atoms with van der Waals surface area (Å²) in [5, 5.41) is 2.79. The molecule has 0 radical (unpaired) electrons. The Hall–Kier alpha value is -3.98. The zero-order chi connectivity index (χ0) is 21.4. The van der Waals surface area contributed by atoms with Crippen molar-refractivity contribution in [1.82, 2.24) is 5.32 Å². The van der Waals surface area contributed by atoms with Gasteiger partial charge in [0.1, 0.15) is 11.3 Å². The number of imide groups is 2. The summed E-state index contributed by atoms with van der Waals surface area (Å²) in [4.78, 5) is 39.6. The Morgan fingerprint density at radius 3 is 2.58 bits per heavy atom. The molecule has 0 atom stereocenters. The highest BCUT2D eigenvalue weighted by Gasteiger charge is 2.37. The van der Waals surface area contributed by atoms with Crippen LogP contribution in [0.5, 0.6) is 11.5 Å². The van der Waals surface area contributed by atoms with Crippen LogP contribution in [0.4, 0.5) is 10.5 Å². The van der Waals surface area contributed by atoms with Crippen molar-refractivity contribution in [3.63, 3.8) is 0 Å². The monoisotopic (exact) mass is 434 g/mol. The highest BCUT2D eigenvalue weighted by Crippen LogP contribution is 2.36. The molecule has 0 spiro atoms. The number of rotatable bonds is 4. The van der Waals surface area contributed by atoms with E-state index in [9.17, 15) is 14.4 Å². The van der Waals surface area contributed by atoms with E-state index in [4.69, 9.17) is 13.9 Å². The van der Waals surface area contributed by atoms with Crippen LogP contribution in [-0.2, 0) is 9.59 Å². The largest absolute Gasteiger partial charge is 0.454 e. The van der Waals surface area contributed by atoms with E-state index in [0.717, 1.165) is 9.80 Å². The predicted molar refractivity (Wildman–Crippen MR) is 111 cm³/mol. The van der Waals surface area contributed by atoms with Crippen LogP contribution in [0.25, 0.3) is 6.08 Å². The van der Waals surface area contributed by atoms with Crippen molar-refractivity contribution in [3.05, 3.63) is 72.0 Å². The summed E-state index contributed by atoms with van der Waals surface area (Å²) < 4.78 is 16.3. The lowest BCUT2D eigenvalue weighted by Gasteiger charge is -2.26. The van der Waals surface area contributed by atoms with Gasteiger partial charge in [-0.3, -0.25) is 14.9 Å². The smallest absolute Gasteiger partial charge is 0.335 e. The quantitative estimate of drug-likeness (QED) is 0.492. The van der Waals surface area contributed by atoms with E-state index in [-0.39, 0.29) is 18.1 Å². The third-order valence-corrected chi connectivity index (χ3v) is 5.49. The van der Waals surface area contributed by atoms with Crippen molar-refractivity contribution in [2.24, 2.45) is 0 Å². The molecule has 0 saturated carbocycles. The van der Waals surface area contributed by atoms with Crippen molar-refractivity contribution in [1.29, 1.82) is 0 Å².